The predicted molar refractivity (Wildman–Crippen MR) is 77.6 cm³/mol. The van der Waals surface area contributed by atoms with Crippen LogP contribution in [-0.4, -0.2) is 31.3 Å². The molecule has 20 heavy (non-hydrogen) atoms. The summed E-state index contributed by atoms with van der Waals surface area (Å²) in [7, 11) is 1.63. The minimum atomic E-state index is 0.0405. The van der Waals surface area contributed by atoms with E-state index in [0.717, 1.165) is 30.6 Å². The molecule has 0 bridgehead atoms. The van der Waals surface area contributed by atoms with Crippen molar-refractivity contribution >= 4 is 5.91 Å². The van der Waals surface area contributed by atoms with E-state index in [2.05, 4.69) is 5.32 Å². The number of hydrogen-bond donors (Lipinski definition) is 2. The molecule has 0 aromatic heterocycles. The van der Waals surface area contributed by atoms with Crippen molar-refractivity contribution in [2.45, 2.75) is 25.7 Å². The molecule has 0 radical (unpaired) electrons. The first-order chi connectivity index (χ1) is 9.72. The first-order valence-corrected chi connectivity index (χ1v) is 7.23. The maximum atomic E-state index is 11.9. The van der Waals surface area contributed by atoms with E-state index in [1.165, 1.54) is 0 Å². The van der Waals surface area contributed by atoms with E-state index in [1.54, 1.807) is 7.11 Å². The van der Waals surface area contributed by atoms with Gasteiger partial charge in [-0.1, -0.05) is 18.6 Å². The molecule has 0 saturated heterocycles. The Balaban J connectivity index is 1.77. The van der Waals surface area contributed by atoms with Crippen molar-refractivity contribution in [1.29, 1.82) is 0 Å². The van der Waals surface area contributed by atoms with Crippen LogP contribution in [0.1, 0.15) is 24.8 Å². The summed E-state index contributed by atoms with van der Waals surface area (Å²) in [6, 6.07) is 7.54. The van der Waals surface area contributed by atoms with Gasteiger partial charge < -0.3 is 15.2 Å². The molecule has 2 atom stereocenters. The fraction of sp³-hybridized carbons (Fsp3) is 0.562. The van der Waals surface area contributed by atoms with E-state index in [0.29, 0.717) is 24.8 Å². The number of aliphatic hydroxyl groups is 1. The second kappa shape index (κ2) is 7.29. The standard InChI is InChI=1S/C16H23NO3/c1-20-15-7-5-12(6-8-15)9-16(19)17-10-13-3-2-4-14(13)11-18/h5-8,13-14,18H,2-4,9-11H2,1H3,(H,17,19). The van der Waals surface area contributed by atoms with Crippen LogP contribution in [0.3, 0.4) is 0 Å². The lowest BCUT2D eigenvalue weighted by atomic mass is 9.97. The van der Waals surface area contributed by atoms with Crippen LogP contribution >= 0.6 is 0 Å². The summed E-state index contributed by atoms with van der Waals surface area (Å²) >= 11 is 0. The molecule has 1 aliphatic rings. The van der Waals surface area contributed by atoms with Gasteiger partial charge >= 0.3 is 0 Å². The van der Waals surface area contributed by atoms with Crippen LogP contribution in [0.4, 0.5) is 0 Å². The van der Waals surface area contributed by atoms with E-state index in [-0.39, 0.29) is 12.5 Å². The highest BCUT2D eigenvalue weighted by Gasteiger charge is 2.26. The largest absolute Gasteiger partial charge is 0.497 e. The number of amides is 1. The Hall–Kier alpha value is -1.55. The monoisotopic (exact) mass is 277 g/mol. The molecule has 0 heterocycles. The van der Waals surface area contributed by atoms with Crippen LogP contribution in [0, 0.1) is 11.8 Å². The zero-order chi connectivity index (χ0) is 14.4. The second-order valence-corrected chi connectivity index (χ2v) is 5.46. The van der Waals surface area contributed by atoms with Gasteiger partial charge in [-0.2, -0.15) is 0 Å². The topological polar surface area (TPSA) is 58.6 Å². The Bertz CT molecular complexity index is 430. The van der Waals surface area contributed by atoms with Gasteiger partial charge in [0.25, 0.3) is 0 Å². The minimum absolute atomic E-state index is 0.0405. The summed E-state index contributed by atoms with van der Waals surface area (Å²) < 4.78 is 5.09. The number of carbonyl (C=O) groups is 1. The molecule has 110 valence electrons. The van der Waals surface area contributed by atoms with Gasteiger partial charge in [0.05, 0.1) is 13.5 Å². The van der Waals surface area contributed by atoms with Gasteiger partial charge in [0.2, 0.25) is 5.91 Å². The Morgan fingerprint density at radius 2 is 2.00 bits per heavy atom. The summed E-state index contributed by atoms with van der Waals surface area (Å²) in [6.07, 6.45) is 3.73. The van der Waals surface area contributed by atoms with Gasteiger partial charge in [-0.05, 0) is 42.4 Å². The van der Waals surface area contributed by atoms with Crippen LogP contribution in [-0.2, 0) is 11.2 Å². The fourth-order valence-corrected chi connectivity index (χ4v) is 2.86. The lowest BCUT2D eigenvalue weighted by Gasteiger charge is -2.17. The molecule has 0 aliphatic heterocycles. The van der Waals surface area contributed by atoms with Crippen molar-refractivity contribution < 1.29 is 14.6 Å². The third kappa shape index (κ3) is 3.97. The number of aliphatic hydroxyl groups excluding tert-OH is 1. The normalized spacial score (nSPS) is 21.7. The van der Waals surface area contributed by atoms with Crippen LogP contribution < -0.4 is 10.1 Å². The third-order valence-corrected chi connectivity index (χ3v) is 4.14. The Labute approximate surface area is 120 Å². The summed E-state index contributed by atoms with van der Waals surface area (Å²) in [5, 5.41) is 12.2. The van der Waals surface area contributed by atoms with Gasteiger partial charge in [-0.25, -0.2) is 0 Å². The van der Waals surface area contributed by atoms with Crippen LogP contribution in [0.25, 0.3) is 0 Å². The first kappa shape index (κ1) is 14.9. The van der Waals surface area contributed by atoms with E-state index in [1.807, 2.05) is 24.3 Å². The highest BCUT2D eigenvalue weighted by atomic mass is 16.5. The molecular weight excluding hydrogens is 254 g/mol. The average Bonchev–Trinajstić information content (AvgIpc) is 2.93. The maximum Gasteiger partial charge on any atom is 0.224 e. The fourth-order valence-electron chi connectivity index (χ4n) is 2.86. The molecule has 4 nitrogen and oxygen atoms in total. The minimum Gasteiger partial charge on any atom is -0.497 e. The Morgan fingerprint density at radius 1 is 1.30 bits per heavy atom. The highest BCUT2D eigenvalue weighted by Crippen LogP contribution is 2.30. The van der Waals surface area contributed by atoms with Crippen molar-refractivity contribution in [2.24, 2.45) is 11.8 Å². The number of rotatable bonds is 6. The molecule has 1 aromatic carbocycles. The van der Waals surface area contributed by atoms with Crippen molar-refractivity contribution in [3.63, 3.8) is 0 Å². The number of carbonyl (C=O) groups excluding carboxylic acids is 1. The molecule has 1 aromatic rings. The molecule has 1 amide bonds. The summed E-state index contributed by atoms with van der Waals surface area (Å²) in [5.41, 5.74) is 0.980. The average molecular weight is 277 g/mol. The van der Waals surface area contributed by atoms with Crippen LogP contribution in [0.5, 0.6) is 5.75 Å². The van der Waals surface area contributed by atoms with Gasteiger partial charge in [-0.15, -0.1) is 0 Å². The van der Waals surface area contributed by atoms with E-state index in [4.69, 9.17) is 4.74 Å². The number of ether oxygens (including phenoxy) is 1. The number of benzene rings is 1. The van der Waals surface area contributed by atoms with Crippen molar-refractivity contribution in [2.75, 3.05) is 20.3 Å². The highest BCUT2D eigenvalue weighted by molar-refractivity contribution is 5.78. The molecule has 0 spiro atoms. The van der Waals surface area contributed by atoms with E-state index >= 15 is 0 Å². The number of nitrogens with one attached hydrogen (secondary N) is 1. The van der Waals surface area contributed by atoms with Crippen molar-refractivity contribution in [3.05, 3.63) is 29.8 Å². The number of methoxy groups -OCH3 is 1. The zero-order valence-corrected chi connectivity index (χ0v) is 12.0. The van der Waals surface area contributed by atoms with Crippen molar-refractivity contribution in [1.82, 2.24) is 5.32 Å². The quantitative estimate of drug-likeness (QED) is 0.833. The smallest absolute Gasteiger partial charge is 0.224 e. The van der Waals surface area contributed by atoms with Gasteiger partial charge in [0.1, 0.15) is 5.75 Å². The van der Waals surface area contributed by atoms with Gasteiger partial charge in [0, 0.05) is 13.2 Å². The number of hydrogen-bond acceptors (Lipinski definition) is 3. The first-order valence-electron chi connectivity index (χ1n) is 7.23. The van der Waals surface area contributed by atoms with Crippen LogP contribution in [0.2, 0.25) is 0 Å². The lowest BCUT2D eigenvalue weighted by Crippen LogP contribution is -2.32. The van der Waals surface area contributed by atoms with E-state index < -0.39 is 0 Å². The van der Waals surface area contributed by atoms with Gasteiger partial charge in [-0.3, -0.25) is 4.79 Å². The molecule has 1 saturated carbocycles. The zero-order valence-electron chi connectivity index (χ0n) is 12.0. The molecule has 2 rings (SSSR count). The van der Waals surface area contributed by atoms with E-state index in [9.17, 15) is 9.90 Å². The molecule has 4 heteroatoms. The lowest BCUT2D eigenvalue weighted by molar-refractivity contribution is -0.120. The van der Waals surface area contributed by atoms with Gasteiger partial charge in [0.15, 0.2) is 0 Å². The molecule has 1 fully saturated rings. The predicted octanol–water partition coefficient (Wildman–Crippen LogP) is 1.76. The molecular formula is C16H23NO3. The molecule has 2 N–H and O–H groups in total. The summed E-state index contributed by atoms with van der Waals surface area (Å²) in [6.45, 7) is 0.916. The third-order valence-electron chi connectivity index (χ3n) is 4.14. The summed E-state index contributed by atoms with van der Waals surface area (Å²) in [5.74, 6) is 1.63. The van der Waals surface area contributed by atoms with Crippen molar-refractivity contribution in [3.8, 4) is 5.75 Å². The molecule has 2 unspecified atom stereocenters. The Morgan fingerprint density at radius 3 is 2.65 bits per heavy atom. The Kier molecular flexibility index (Phi) is 5.41. The molecule has 1 aliphatic carbocycles. The maximum absolute atomic E-state index is 11.9. The SMILES string of the molecule is COc1ccc(CC(=O)NCC2CCCC2CO)cc1. The van der Waals surface area contributed by atoms with Crippen LogP contribution in [0.15, 0.2) is 24.3 Å². The second-order valence-electron chi connectivity index (χ2n) is 5.46. The summed E-state index contributed by atoms with van der Waals surface area (Å²) in [4.78, 5) is 11.9.